The molecule has 0 N–H and O–H groups in total. The van der Waals surface area contributed by atoms with Crippen LogP contribution in [0.5, 0.6) is 0 Å². The van der Waals surface area contributed by atoms with Crippen LogP contribution in [0.2, 0.25) is 0 Å². The van der Waals surface area contributed by atoms with Gasteiger partial charge in [-0.05, 0) is 36.4 Å². The first-order valence-electron chi connectivity index (χ1n) is 8.73. The first kappa shape index (κ1) is 20.5. The molecule has 2 heterocycles. The second-order valence-corrected chi connectivity index (χ2v) is 8.79. The molecule has 6 nitrogen and oxygen atoms in total. The fraction of sp³-hybridized carbons (Fsp3) is 0.263. The summed E-state index contributed by atoms with van der Waals surface area (Å²) in [6.45, 7) is 4.43. The summed E-state index contributed by atoms with van der Waals surface area (Å²) in [7, 11) is -3.51. The predicted octanol–water partition coefficient (Wildman–Crippen LogP) is 4.20. The van der Waals surface area contributed by atoms with Crippen LogP contribution in [0.15, 0.2) is 63.2 Å². The summed E-state index contributed by atoms with van der Waals surface area (Å²) in [6.07, 6.45) is 2.92. The van der Waals surface area contributed by atoms with Crippen molar-refractivity contribution in [1.82, 2.24) is 14.3 Å². The summed E-state index contributed by atoms with van der Waals surface area (Å²) in [5.41, 5.74) is 1.41. The standard InChI is InChI=1S/C19H20FN3O3S2/c1-3-23(4-2)28(24,25)17-9-10-18(21-11-17)27-13-16-12-26-19(22-16)14-5-7-15(20)8-6-14/h5-12H,3-4,13H2,1-2H3. The molecule has 28 heavy (non-hydrogen) atoms. The molecule has 2 aromatic heterocycles. The Hall–Kier alpha value is -2.23. The molecule has 0 amide bonds. The highest BCUT2D eigenvalue weighted by molar-refractivity contribution is 7.98. The van der Waals surface area contributed by atoms with Gasteiger partial charge in [-0.25, -0.2) is 22.8 Å². The molecule has 9 heteroatoms. The van der Waals surface area contributed by atoms with E-state index in [1.165, 1.54) is 34.4 Å². The van der Waals surface area contributed by atoms with E-state index in [1.807, 2.05) is 0 Å². The lowest BCUT2D eigenvalue weighted by atomic mass is 10.2. The first-order valence-corrected chi connectivity index (χ1v) is 11.2. The highest BCUT2D eigenvalue weighted by Crippen LogP contribution is 2.25. The highest BCUT2D eigenvalue weighted by Gasteiger charge is 2.21. The molecule has 0 radical (unpaired) electrons. The molecule has 148 valence electrons. The Morgan fingerprint density at radius 2 is 1.82 bits per heavy atom. The van der Waals surface area contributed by atoms with Gasteiger partial charge in [0.25, 0.3) is 0 Å². The number of benzene rings is 1. The SMILES string of the molecule is CCN(CC)S(=O)(=O)c1ccc(SCc2coc(-c3ccc(F)cc3)n2)nc1. The Morgan fingerprint density at radius 3 is 2.43 bits per heavy atom. The Balaban J connectivity index is 1.65. The number of nitrogens with zero attached hydrogens (tertiary/aromatic N) is 3. The maximum atomic E-state index is 13.0. The monoisotopic (exact) mass is 421 g/mol. The number of rotatable bonds is 8. The number of thioether (sulfide) groups is 1. The quantitative estimate of drug-likeness (QED) is 0.508. The molecule has 0 aliphatic carbocycles. The zero-order chi connectivity index (χ0) is 20.1. The van der Waals surface area contributed by atoms with Crippen molar-refractivity contribution in [3.8, 4) is 11.5 Å². The summed E-state index contributed by atoms with van der Waals surface area (Å²) in [6, 6.07) is 9.17. The smallest absolute Gasteiger partial charge is 0.244 e. The average molecular weight is 422 g/mol. The van der Waals surface area contributed by atoms with Gasteiger partial charge in [-0.1, -0.05) is 25.6 Å². The number of aromatic nitrogens is 2. The second-order valence-electron chi connectivity index (χ2n) is 5.86. The summed E-state index contributed by atoms with van der Waals surface area (Å²) in [4.78, 5) is 8.81. The molecule has 3 aromatic rings. The molecule has 3 rings (SSSR count). The average Bonchev–Trinajstić information content (AvgIpc) is 3.17. The summed E-state index contributed by atoms with van der Waals surface area (Å²) in [5.74, 6) is 0.618. The van der Waals surface area contributed by atoms with E-state index < -0.39 is 10.0 Å². The second kappa shape index (κ2) is 8.85. The zero-order valence-corrected chi connectivity index (χ0v) is 17.1. The van der Waals surface area contributed by atoms with E-state index in [2.05, 4.69) is 9.97 Å². The fourth-order valence-corrected chi connectivity index (χ4v) is 4.69. The van der Waals surface area contributed by atoms with E-state index in [0.29, 0.717) is 41.0 Å². The van der Waals surface area contributed by atoms with Gasteiger partial charge in [0.05, 0.1) is 10.7 Å². The summed E-state index contributed by atoms with van der Waals surface area (Å²) in [5, 5.41) is 0.685. The molecule has 0 spiro atoms. The van der Waals surface area contributed by atoms with E-state index in [9.17, 15) is 12.8 Å². The predicted molar refractivity (Wildman–Crippen MR) is 106 cm³/mol. The van der Waals surface area contributed by atoms with Crippen molar-refractivity contribution in [2.24, 2.45) is 0 Å². The Kier molecular flexibility index (Phi) is 6.48. The van der Waals surface area contributed by atoms with E-state index in [-0.39, 0.29) is 10.7 Å². The van der Waals surface area contributed by atoms with Crippen LogP contribution >= 0.6 is 11.8 Å². The van der Waals surface area contributed by atoms with Crippen LogP contribution in [0.1, 0.15) is 19.5 Å². The third kappa shape index (κ3) is 4.60. The maximum Gasteiger partial charge on any atom is 0.244 e. The molecular weight excluding hydrogens is 401 g/mol. The van der Waals surface area contributed by atoms with Crippen molar-refractivity contribution in [2.75, 3.05) is 13.1 Å². The highest BCUT2D eigenvalue weighted by atomic mass is 32.2. The van der Waals surface area contributed by atoms with Gasteiger partial charge >= 0.3 is 0 Å². The number of hydrogen-bond acceptors (Lipinski definition) is 6. The van der Waals surface area contributed by atoms with Crippen molar-refractivity contribution in [2.45, 2.75) is 29.5 Å². The fourth-order valence-electron chi connectivity index (χ4n) is 2.56. The molecule has 0 saturated heterocycles. The zero-order valence-electron chi connectivity index (χ0n) is 15.5. The molecule has 0 fully saturated rings. The van der Waals surface area contributed by atoms with Crippen molar-refractivity contribution in [1.29, 1.82) is 0 Å². The lowest BCUT2D eigenvalue weighted by molar-refractivity contribution is 0.445. The van der Waals surface area contributed by atoms with E-state index in [0.717, 1.165) is 0 Å². The van der Waals surface area contributed by atoms with Gasteiger partial charge in [0, 0.05) is 30.6 Å². The van der Waals surface area contributed by atoms with Crippen LogP contribution in [-0.4, -0.2) is 35.8 Å². The lowest BCUT2D eigenvalue weighted by Crippen LogP contribution is -2.30. The number of hydrogen-bond donors (Lipinski definition) is 0. The summed E-state index contributed by atoms with van der Waals surface area (Å²) >= 11 is 1.42. The Morgan fingerprint density at radius 1 is 1.11 bits per heavy atom. The topological polar surface area (TPSA) is 76.3 Å². The molecule has 0 atom stereocenters. The molecule has 0 bridgehead atoms. The normalized spacial score (nSPS) is 11.9. The molecule has 0 unspecified atom stereocenters. The van der Waals surface area contributed by atoms with Crippen molar-refractivity contribution in [3.05, 3.63) is 60.4 Å². The van der Waals surface area contributed by atoms with Crippen LogP contribution in [0.3, 0.4) is 0 Å². The molecule has 0 saturated carbocycles. The van der Waals surface area contributed by atoms with Gasteiger partial charge in [0.1, 0.15) is 17.0 Å². The van der Waals surface area contributed by atoms with Gasteiger partial charge in [0.15, 0.2) is 0 Å². The molecular formula is C19H20FN3O3S2. The number of pyridine rings is 1. The number of sulfonamides is 1. The summed E-state index contributed by atoms with van der Waals surface area (Å²) < 4.78 is 44.8. The van der Waals surface area contributed by atoms with E-state index in [1.54, 1.807) is 44.4 Å². The lowest BCUT2D eigenvalue weighted by Gasteiger charge is -2.18. The van der Waals surface area contributed by atoms with Gasteiger partial charge < -0.3 is 4.42 Å². The van der Waals surface area contributed by atoms with Crippen LogP contribution < -0.4 is 0 Å². The minimum absolute atomic E-state index is 0.181. The largest absolute Gasteiger partial charge is 0.444 e. The first-order chi connectivity index (χ1) is 13.4. The maximum absolute atomic E-state index is 13.0. The van der Waals surface area contributed by atoms with Gasteiger partial charge in [-0.3, -0.25) is 0 Å². The number of halogens is 1. The van der Waals surface area contributed by atoms with Gasteiger partial charge in [-0.2, -0.15) is 4.31 Å². The van der Waals surface area contributed by atoms with Crippen molar-refractivity contribution in [3.63, 3.8) is 0 Å². The Bertz CT molecular complexity index is 1020. The third-order valence-corrected chi connectivity index (χ3v) is 7.07. The minimum atomic E-state index is -3.51. The third-order valence-electron chi connectivity index (χ3n) is 4.06. The van der Waals surface area contributed by atoms with Gasteiger partial charge in [-0.15, -0.1) is 0 Å². The Labute approximate surface area is 167 Å². The molecule has 0 aliphatic heterocycles. The van der Waals surface area contributed by atoms with Crippen molar-refractivity contribution >= 4 is 21.8 Å². The van der Waals surface area contributed by atoms with E-state index >= 15 is 0 Å². The molecule has 0 aliphatic rings. The van der Waals surface area contributed by atoms with Crippen molar-refractivity contribution < 1.29 is 17.2 Å². The van der Waals surface area contributed by atoms with Crippen LogP contribution in [0.25, 0.3) is 11.5 Å². The van der Waals surface area contributed by atoms with E-state index in [4.69, 9.17) is 4.42 Å². The van der Waals surface area contributed by atoms with Crippen LogP contribution in [0, 0.1) is 5.82 Å². The van der Waals surface area contributed by atoms with Crippen LogP contribution in [0.4, 0.5) is 4.39 Å². The minimum Gasteiger partial charge on any atom is -0.444 e. The van der Waals surface area contributed by atoms with Gasteiger partial charge in [0.2, 0.25) is 15.9 Å². The number of oxazole rings is 1. The van der Waals surface area contributed by atoms with Crippen LogP contribution in [-0.2, 0) is 15.8 Å². The molecule has 1 aromatic carbocycles.